The lowest BCUT2D eigenvalue weighted by atomic mass is 10.0. The van der Waals surface area contributed by atoms with Gasteiger partial charge >= 0.3 is 24.0 Å². The molecular formula is C38H47ClN6O13. The average molecular weight is 831 g/mol. The molecule has 19 nitrogen and oxygen atoms in total. The fraction of sp³-hybridized carbons (Fsp3) is 0.342. The van der Waals surface area contributed by atoms with E-state index in [4.69, 9.17) is 16.3 Å². The minimum atomic E-state index is -1.79. The van der Waals surface area contributed by atoms with Crippen molar-refractivity contribution in [3.05, 3.63) is 96.1 Å². The molecule has 0 aliphatic rings. The molecule has 2 aromatic carbocycles. The van der Waals surface area contributed by atoms with Crippen LogP contribution in [0.2, 0.25) is 0 Å². The van der Waals surface area contributed by atoms with Crippen LogP contribution in [0.15, 0.2) is 84.9 Å². The molecule has 2 aromatic rings. The van der Waals surface area contributed by atoms with Crippen molar-refractivity contribution in [2.45, 2.75) is 64.4 Å². The Bertz CT molecular complexity index is 1790. The molecule has 6 amide bonds. The molecule has 20 heteroatoms. The van der Waals surface area contributed by atoms with Gasteiger partial charge in [0.1, 0.15) is 36.3 Å². The third-order valence-corrected chi connectivity index (χ3v) is 7.87. The number of carbonyl (C=O) groups excluding carboxylic acids is 6. The predicted octanol–water partition coefficient (Wildman–Crippen LogP) is 1.77. The maximum absolute atomic E-state index is 13.5. The molecule has 3 unspecified atom stereocenters. The first-order valence-electron chi connectivity index (χ1n) is 17.4. The summed E-state index contributed by atoms with van der Waals surface area (Å²) in [6.07, 6.45) is -2.76. The second-order valence-electron chi connectivity index (χ2n) is 12.5. The highest BCUT2D eigenvalue weighted by molar-refractivity contribution is 6.43. The molecule has 3 atom stereocenters. The highest BCUT2D eigenvalue weighted by Crippen LogP contribution is 2.12. The van der Waals surface area contributed by atoms with Gasteiger partial charge in [0.2, 0.25) is 11.8 Å². The maximum Gasteiger partial charge on any atom is 0.408 e. The molecule has 0 saturated heterocycles. The lowest BCUT2D eigenvalue weighted by molar-refractivity contribution is -0.148. The number of carboxylic acid groups (broad SMARTS) is 3. The van der Waals surface area contributed by atoms with Gasteiger partial charge in [0.05, 0.1) is 6.42 Å². The Morgan fingerprint density at radius 3 is 1.83 bits per heavy atom. The van der Waals surface area contributed by atoms with Crippen LogP contribution in [0.3, 0.4) is 0 Å². The second kappa shape index (κ2) is 25.4. The van der Waals surface area contributed by atoms with E-state index >= 15 is 0 Å². The fourth-order valence-electron chi connectivity index (χ4n) is 4.76. The van der Waals surface area contributed by atoms with E-state index in [1.165, 1.54) is 25.8 Å². The number of likely N-dealkylation sites (N-methyl/N-ethyl adjacent to an activating group) is 1. The smallest absolute Gasteiger partial charge is 0.408 e. The summed E-state index contributed by atoms with van der Waals surface area (Å²) in [6.45, 7) is 7.71. The Morgan fingerprint density at radius 2 is 1.31 bits per heavy atom. The third-order valence-electron chi connectivity index (χ3n) is 7.60. The number of hydrogen-bond donors (Lipinski definition) is 7. The number of nitrogens with one attached hydrogen (secondary N) is 4. The first kappa shape index (κ1) is 49.3. The minimum absolute atomic E-state index is 0.120. The highest BCUT2D eigenvalue weighted by atomic mass is 35.5. The molecule has 0 heterocycles. The standard InChI is InChI=1S/C36H43ClN6O13.C2H4/c1-21(2)31(34(53)41-43(19-30(49)50)27(44)16-24(37)35(54)42(3)18-22-10-6-4-7-11-22)40-32(51)25(14-15-28(45)46)38-33(52)26(17-29(47)48)39-36(55)56-20-23-12-8-5-9-13-23;1-2/h4-13,16,21,25-26,31H,14-15,17-20H2,1-3H3,(H,38,52)(H,39,55)(H,40,51)(H,41,53)(H,45,46)(H,47,48)(H,49,50);1-2H2/b24-16-;. The van der Waals surface area contributed by atoms with E-state index in [-0.39, 0.29) is 13.2 Å². The van der Waals surface area contributed by atoms with Crippen molar-refractivity contribution in [1.29, 1.82) is 0 Å². The molecule has 314 valence electrons. The quantitative estimate of drug-likeness (QED) is 0.0570. The van der Waals surface area contributed by atoms with Crippen LogP contribution < -0.4 is 21.4 Å². The molecule has 2 rings (SSSR count). The third kappa shape index (κ3) is 18.2. The van der Waals surface area contributed by atoms with Crippen LogP contribution in [0.25, 0.3) is 0 Å². The Hall–Kier alpha value is -6.76. The first-order valence-corrected chi connectivity index (χ1v) is 17.8. The van der Waals surface area contributed by atoms with Crippen LogP contribution in [-0.4, -0.2) is 110 Å². The van der Waals surface area contributed by atoms with Crippen LogP contribution >= 0.6 is 11.6 Å². The zero-order valence-corrected chi connectivity index (χ0v) is 32.8. The number of ether oxygens (including phenoxy) is 1. The summed E-state index contributed by atoms with van der Waals surface area (Å²) in [7, 11) is 1.42. The summed E-state index contributed by atoms with van der Waals surface area (Å²) in [5.41, 5.74) is 3.41. The summed E-state index contributed by atoms with van der Waals surface area (Å²) < 4.78 is 5.05. The lowest BCUT2D eigenvalue weighted by Crippen LogP contribution is -2.60. The molecule has 0 saturated carbocycles. The van der Waals surface area contributed by atoms with Gasteiger partial charge in [-0.2, -0.15) is 0 Å². The van der Waals surface area contributed by atoms with E-state index in [0.717, 1.165) is 5.56 Å². The van der Waals surface area contributed by atoms with Gasteiger partial charge in [-0.05, 0) is 23.5 Å². The molecule has 0 radical (unpaired) electrons. The SMILES string of the molecule is C=C.CC(C)C(NC(=O)C(CCC(=O)O)NC(=O)C(CC(=O)O)NC(=O)OCc1ccccc1)C(=O)NN(CC(=O)O)C(=O)/C=C(\Cl)C(=O)N(C)Cc1ccccc1. The summed E-state index contributed by atoms with van der Waals surface area (Å²) in [4.78, 5) is 114. The van der Waals surface area contributed by atoms with Gasteiger partial charge in [-0.25, -0.2) is 9.80 Å². The Balaban J connectivity index is 0.00000827. The minimum Gasteiger partial charge on any atom is -0.481 e. The number of carboxylic acids is 3. The number of nitrogens with zero attached hydrogens (tertiary/aromatic N) is 2. The Labute approximate surface area is 339 Å². The highest BCUT2D eigenvalue weighted by Gasteiger charge is 2.33. The van der Waals surface area contributed by atoms with Crippen molar-refractivity contribution in [2.24, 2.45) is 5.92 Å². The molecule has 7 N–H and O–H groups in total. The summed E-state index contributed by atoms with van der Waals surface area (Å²) in [6, 6.07) is 12.1. The Morgan fingerprint density at radius 1 is 0.759 bits per heavy atom. The zero-order valence-electron chi connectivity index (χ0n) is 32.0. The van der Waals surface area contributed by atoms with Crippen molar-refractivity contribution in [1.82, 2.24) is 31.3 Å². The van der Waals surface area contributed by atoms with Gasteiger partial charge < -0.3 is 40.9 Å². The Kier molecular flexibility index (Phi) is 21.6. The second-order valence-corrected chi connectivity index (χ2v) is 12.9. The lowest BCUT2D eigenvalue weighted by Gasteiger charge is -2.28. The number of carbonyl (C=O) groups is 9. The van der Waals surface area contributed by atoms with Crippen molar-refractivity contribution in [2.75, 3.05) is 13.6 Å². The van der Waals surface area contributed by atoms with Gasteiger partial charge in [0.15, 0.2) is 0 Å². The van der Waals surface area contributed by atoms with Crippen LogP contribution in [-0.2, 0) is 56.2 Å². The van der Waals surface area contributed by atoms with Gasteiger partial charge in [-0.3, -0.25) is 43.8 Å². The molecule has 58 heavy (non-hydrogen) atoms. The molecule has 0 bridgehead atoms. The number of benzene rings is 2. The number of rotatable bonds is 20. The monoisotopic (exact) mass is 830 g/mol. The molecule has 0 spiro atoms. The zero-order chi connectivity index (χ0) is 43.9. The maximum atomic E-state index is 13.5. The van der Waals surface area contributed by atoms with Crippen LogP contribution in [0.1, 0.15) is 44.2 Å². The molecule has 0 aliphatic carbocycles. The number of halogens is 1. The van der Waals surface area contributed by atoms with Crippen LogP contribution in [0.4, 0.5) is 4.79 Å². The van der Waals surface area contributed by atoms with E-state index < -0.39 is 108 Å². The summed E-state index contributed by atoms with van der Waals surface area (Å²) in [5.74, 6) is -10.7. The predicted molar refractivity (Wildman–Crippen MR) is 207 cm³/mol. The van der Waals surface area contributed by atoms with E-state index in [1.807, 2.05) is 0 Å². The van der Waals surface area contributed by atoms with E-state index in [0.29, 0.717) is 16.6 Å². The normalized spacial score (nSPS) is 12.2. The molecular weight excluding hydrogens is 784 g/mol. The molecule has 0 aliphatic heterocycles. The number of alkyl carbamates (subject to hydrolysis) is 1. The number of hydrogen-bond acceptors (Lipinski definition) is 10. The number of hydrazine groups is 1. The summed E-state index contributed by atoms with van der Waals surface area (Å²) in [5, 5.41) is 34.4. The molecule has 0 fully saturated rings. The van der Waals surface area contributed by atoms with Gasteiger partial charge in [-0.1, -0.05) is 86.1 Å². The van der Waals surface area contributed by atoms with Gasteiger partial charge in [0, 0.05) is 26.1 Å². The van der Waals surface area contributed by atoms with Crippen molar-refractivity contribution < 1.29 is 63.2 Å². The van der Waals surface area contributed by atoms with Crippen molar-refractivity contribution in [3.63, 3.8) is 0 Å². The topological polar surface area (TPSA) is 278 Å². The largest absolute Gasteiger partial charge is 0.481 e. The number of amides is 6. The number of aliphatic carboxylic acids is 3. The van der Waals surface area contributed by atoms with Gasteiger partial charge in [0.25, 0.3) is 17.7 Å². The van der Waals surface area contributed by atoms with Gasteiger partial charge in [-0.15, -0.1) is 13.2 Å². The molecule has 0 aromatic heterocycles. The van der Waals surface area contributed by atoms with Crippen molar-refractivity contribution >= 4 is 65.1 Å². The van der Waals surface area contributed by atoms with E-state index in [2.05, 4.69) is 34.5 Å². The fourth-order valence-corrected chi connectivity index (χ4v) is 5.00. The van der Waals surface area contributed by atoms with E-state index in [1.54, 1.807) is 60.7 Å². The van der Waals surface area contributed by atoms with Crippen LogP contribution in [0.5, 0.6) is 0 Å². The van der Waals surface area contributed by atoms with Crippen molar-refractivity contribution in [3.8, 4) is 0 Å². The summed E-state index contributed by atoms with van der Waals surface area (Å²) >= 11 is 6.10. The average Bonchev–Trinajstić information content (AvgIpc) is 3.17. The van der Waals surface area contributed by atoms with E-state index in [9.17, 15) is 58.5 Å². The van der Waals surface area contributed by atoms with Crippen LogP contribution in [0, 0.1) is 5.92 Å². The first-order chi connectivity index (χ1) is 27.4.